The predicted molar refractivity (Wildman–Crippen MR) is 92.0 cm³/mol. The van der Waals surface area contributed by atoms with Gasteiger partial charge in [0.25, 0.3) is 0 Å². The first-order chi connectivity index (χ1) is 10.2. The molecule has 0 fully saturated rings. The second-order valence-corrected chi connectivity index (χ2v) is 6.71. The van der Waals surface area contributed by atoms with Gasteiger partial charge in [0.05, 0.1) is 11.4 Å². The van der Waals surface area contributed by atoms with Gasteiger partial charge in [0.2, 0.25) is 0 Å². The molecule has 0 aliphatic carbocycles. The zero-order valence-corrected chi connectivity index (χ0v) is 14.0. The number of benzene rings is 1. The molecule has 2 aromatic rings. The molecule has 5 heteroatoms. The fourth-order valence-corrected chi connectivity index (χ4v) is 3.41. The molecule has 0 unspecified atom stereocenters. The van der Waals surface area contributed by atoms with E-state index < -0.39 is 0 Å². The highest BCUT2D eigenvalue weighted by Gasteiger charge is 2.20. The van der Waals surface area contributed by atoms with E-state index in [4.69, 9.17) is 16.7 Å². The van der Waals surface area contributed by atoms with Gasteiger partial charge in [-0.2, -0.15) is 16.9 Å². The molecule has 0 radical (unpaired) electrons. The Morgan fingerprint density at radius 1 is 1.38 bits per heavy atom. The van der Waals surface area contributed by atoms with Crippen LogP contribution >= 0.6 is 23.4 Å². The van der Waals surface area contributed by atoms with Gasteiger partial charge in [0, 0.05) is 22.9 Å². The summed E-state index contributed by atoms with van der Waals surface area (Å²) in [4.78, 5) is 0. The Morgan fingerprint density at radius 2 is 2.24 bits per heavy atom. The zero-order chi connectivity index (χ0) is 14.8. The number of nitrogens with zero attached hydrogens (tertiary/aromatic N) is 2. The third-order valence-corrected chi connectivity index (χ3v) is 4.86. The quantitative estimate of drug-likeness (QED) is 0.906. The van der Waals surface area contributed by atoms with Gasteiger partial charge in [0.15, 0.2) is 0 Å². The van der Waals surface area contributed by atoms with Gasteiger partial charge >= 0.3 is 0 Å². The van der Waals surface area contributed by atoms with E-state index in [-0.39, 0.29) is 0 Å². The van der Waals surface area contributed by atoms with Crippen LogP contribution < -0.4 is 5.32 Å². The van der Waals surface area contributed by atoms with Crippen molar-refractivity contribution in [2.24, 2.45) is 0 Å². The molecule has 1 aromatic carbocycles. The van der Waals surface area contributed by atoms with Crippen molar-refractivity contribution in [3.05, 3.63) is 40.0 Å². The van der Waals surface area contributed by atoms with Crippen LogP contribution in [0, 0.1) is 6.92 Å². The van der Waals surface area contributed by atoms with Gasteiger partial charge < -0.3 is 5.32 Å². The highest BCUT2D eigenvalue weighted by atomic mass is 35.5. The van der Waals surface area contributed by atoms with Crippen LogP contribution in [-0.4, -0.2) is 22.6 Å². The predicted octanol–water partition coefficient (Wildman–Crippen LogP) is 4.45. The lowest BCUT2D eigenvalue weighted by Gasteiger charge is -2.10. The van der Waals surface area contributed by atoms with Gasteiger partial charge in [-0.3, -0.25) is 0 Å². The number of anilines is 1. The number of hydrogen-bond acceptors (Lipinski definition) is 3. The molecule has 0 saturated carbocycles. The van der Waals surface area contributed by atoms with Crippen molar-refractivity contribution >= 4 is 29.2 Å². The molecule has 3 nitrogen and oxygen atoms in total. The summed E-state index contributed by atoms with van der Waals surface area (Å²) in [6, 6.07) is 6.14. The Labute approximate surface area is 135 Å². The molecule has 1 aliphatic rings. The second kappa shape index (κ2) is 6.32. The van der Waals surface area contributed by atoms with Crippen molar-refractivity contribution in [3.63, 3.8) is 0 Å². The van der Waals surface area contributed by atoms with Crippen LogP contribution in [0.4, 0.5) is 5.82 Å². The van der Waals surface area contributed by atoms with Crippen molar-refractivity contribution in [2.45, 2.75) is 31.9 Å². The summed E-state index contributed by atoms with van der Waals surface area (Å²) < 4.78 is 2.03. The number of halogens is 1. The summed E-state index contributed by atoms with van der Waals surface area (Å²) in [5.74, 6) is 2.10. The lowest BCUT2D eigenvalue weighted by Crippen LogP contribution is -2.07. The number of thioether (sulfide) groups is 1. The molecule has 0 amide bonds. The number of hydrogen-bond donors (Lipinski definition) is 1. The summed E-state index contributed by atoms with van der Waals surface area (Å²) in [5, 5.41) is 9.18. The molecule has 2 heterocycles. The van der Waals surface area contributed by atoms with E-state index in [2.05, 4.69) is 23.7 Å². The van der Waals surface area contributed by atoms with E-state index in [1.807, 2.05) is 29.4 Å². The van der Waals surface area contributed by atoms with Crippen LogP contribution in [0.3, 0.4) is 0 Å². The maximum atomic E-state index is 6.28. The highest BCUT2D eigenvalue weighted by Crippen LogP contribution is 2.30. The fraction of sp³-hybridized carbons (Fsp3) is 0.438. The topological polar surface area (TPSA) is 29.9 Å². The number of aryl methyl sites for hydroxylation is 1. The minimum atomic E-state index is 0.789. The highest BCUT2D eigenvalue weighted by molar-refractivity contribution is 7.97. The molecule has 3 rings (SSSR count). The monoisotopic (exact) mass is 321 g/mol. The first-order valence-electron chi connectivity index (χ1n) is 7.31. The number of aromatic nitrogens is 2. The second-order valence-electron chi connectivity index (χ2n) is 5.44. The van der Waals surface area contributed by atoms with E-state index >= 15 is 0 Å². The standard InChI is InChI=1S/C16H20ClN3S/c1-11-6-7-12(9-14(11)17)20-16-13(5-3-4-8-18-16)15(19-20)10-21-2/h6-7,9,18H,3-5,8,10H2,1-2H3. The number of rotatable bonds is 3. The molecule has 0 spiro atoms. The minimum Gasteiger partial charge on any atom is -0.370 e. The van der Waals surface area contributed by atoms with Gasteiger partial charge in [0.1, 0.15) is 5.82 Å². The average Bonchev–Trinajstić information content (AvgIpc) is 2.66. The van der Waals surface area contributed by atoms with Crippen molar-refractivity contribution in [1.29, 1.82) is 0 Å². The molecule has 1 aromatic heterocycles. The Morgan fingerprint density at radius 3 is 3.00 bits per heavy atom. The van der Waals surface area contributed by atoms with E-state index in [0.29, 0.717) is 0 Å². The fourth-order valence-electron chi connectivity index (χ4n) is 2.73. The Balaban J connectivity index is 2.10. The number of nitrogens with one attached hydrogen (secondary N) is 1. The summed E-state index contributed by atoms with van der Waals surface area (Å²) in [5.41, 5.74) is 4.70. The molecular formula is C16H20ClN3S. The molecule has 0 atom stereocenters. The molecule has 1 N–H and O–H groups in total. The first kappa shape index (κ1) is 14.8. The van der Waals surface area contributed by atoms with Crippen molar-refractivity contribution in [3.8, 4) is 5.69 Å². The zero-order valence-electron chi connectivity index (χ0n) is 12.4. The maximum Gasteiger partial charge on any atom is 0.133 e. The molecule has 1 aliphatic heterocycles. The molecular weight excluding hydrogens is 302 g/mol. The van der Waals surface area contributed by atoms with Crippen molar-refractivity contribution < 1.29 is 0 Å². The Hall–Kier alpha value is -1.13. The van der Waals surface area contributed by atoms with Crippen LogP contribution in [0.15, 0.2) is 18.2 Å². The summed E-state index contributed by atoms with van der Waals surface area (Å²) in [6.45, 7) is 3.03. The number of fused-ring (bicyclic) bond motifs is 1. The van der Waals surface area contributed by atoms with Crippen LogP contribution in [0.5, 0.6) is 0 Å². The summed E-state index contributed by atoms with van der Waals surface area (Å²) in [7, 11) is 0. The summed E-state index contributed by atoms with van der Waals surface area (Å²) in [6.07, 6.45) is 5.67. The van der Waals surface area contributed by atoms with Crippen LogP contribution in [0.25, 0.3) is 5.69 Å². The first-order valence-corrected chi connectivity index (χ1v) is 9.08. The largest absolute Gasteiger partial charge is 0.370 e. The van der Waals surface area contributed by atoms with Crippen LogP contribution in [-0.2, 0) is 12.2 Å². The van der Waals surface area contributed by atoms with Gasteiger partial charge in [-0.1, -0.05) is 17.7 Å². The van der Waals surface area contributed by atoms with Crippen LogP contribution in [0.2, 0.25) is 5.02 Å². The smallest absolute Gasteiger partial charge is 0.133 e. The SMILES string of the molecule is CSCc1nn(-c2ccc(C)c(Cl)c2)c2c1CCCCN2. The van der Waals surface area contributed by atoms with E-state index in [1.54, 1.807) is 0 Å². The molecule has 0 saturated heterocycles. The van der Waals surface area contributed by atoms with Gasteiger partial charge in [-0.05, 0) is 50.1 Å². The van der Waals surface area contributed by atoms with Crippen molar-refractivity contribution in [2.75, 3.05) is 18.1 Å². The Kier molecular flexibility index (Phi) is 4.45. The third-order valence-electron chi connectivity index (χ3n) is 3.89. The van der Waals surface area contributed by atoms with E-state index in [0.717, 1.165) is 40.8 Å². The molecule has 21 heavy (non-hydrogen) atoms. The van der Waals surface area contributed by atoms with Gasteiger partial charge in [-0.25, -0.2) is 4.68 Å². The van der Waals surface area contributed by atoms with Gasteiger partial charge in [-0.15, -0.1) is 0 Å². The van der Waals surface area contributed by atoms with E-state index in [9.17, 15) is 0 Å². The van der Waals surface area contributed by atoms with Crippen LogP contribution in [0.1, 0.15) is 29.7 Å². The lowest BCUT2D eigenvalue weighted by molar-refractivity contribution is 0.771. The third kappa shape index (κ3) is 2.92. The van der Waals surface area contributed by atoms with Crippen molar-refractivity contribution in [1.82, 2.24) is 9.78 Å². The van der Waals surface area contributed by atoms with E-state index in [1.165, 1.54) is 24.1 Å². The molecule has 112 valence electrons. The lowest BCUT2D eigenvalue weighted by atomic mass is 10.1. The summed E-state index contributed by atoms with van der Waals surface area (Å²) >= 11 is 8.10. The minimum absolute atomic E-state index is 0.789. The molecule has 0 bridgehead atoms. The average molecular weight is 322 g/mol. The normalized spacial score (nSPS) is 14.4. The maximum absolute atomic E-state index is 6.28. The Bertz CT molecular complexity index is 651.